The van der Waals surface area contributed by atoms with Gasteiger partial charge in [0.1, 0.15) is 11.9 Å². The Labute approximate surface area is 184 Å². The molecule has 0 bridgehead atoms. The van der Waals surface area contributed by atoms with E-state index in [1.165, 1.54) is 24.9 Å². The first-order valence-corrected chi connectivity index (χ1v) is 11.7. The maximum Gasteiger partial charge on any atom is 0.226 e. The number of likely N-dealkylation sites (N-methyl/N-ethyl adjacent to an activating group) is 1. The van der Waals surface area contributed by atoms with Crippen molar-refractivity contribution in [3.63, 3.8) is 0 Å². The smallest absolute Gasteiger partial charge is 0.226 e. The van der Waals surface area contributed by atoms with Crippen molar-refractivity contribution in [1.82, 2.24) is 14.5 Å². The molecule has 5 rings (SSSR count). The van der Waals surface area contributed by atoms with E-state index in [2.05, 4.69) is 59.8 Å². The van der Waals surface area contributed by atoms with Gasteiger partial charge in [-0.05, 0) is 37.0 Å². The van der Waals surface area contributed by atoms with Crippen LogP contribution in [0.5, 0.6) is 0 Å². The van der Waals surface area contributed by atoms with E-state index >= 15 is 0 Å². The van der Waals surface area contributed by atoms with E-state index in [0.717, 1.165) is 36.4 Å². The molecule has 1 unspecified atom stereocenters. The molecule has 162 valence electrons. The summed E-state index contributed by atoms with van der Waals surface area (Å²) >= 11 is 0. The Morgan fingerprint density at radius 1 is 1.16 bits per heavy atom. The van der Waals surface area contributed by atoms with Gasteiger partial charge < -0.3 is 14.4 Å². The number of carbonyl (C=O) groups excluding carboxylic acids is 1. The van der Waals surface area contributed by atoms with Crippen LogP contribution in [0.25, 0.3) is 11.0 Å². The monoisotopic (exact) mass is 417 g/mol. The zero-order chi connectivity index (χ0) is 21.4. The van der Waals surface area contributed by atoms with Crippen molar-refractivity contribution in [3.05, 3.63) is 66.0 Å². The van der Waals surface area contributed by atoms with Gasteiger partial charge in [-0.25, -0.2) is 4.98 Å². The maximum absolute atomic E-state index is 13.7. The molecule has 0 radical (unpaired) electrons. The van der Waals surface area contributed by atoms with Gasteiger partial charge in [-0.15, -0.1) is 0 Å². The maximum atomic E-state index is 13.7. The number of para-hydroxylation sites is 2. The molecular weight excluding hydrogens is 384 g/mol. The van der Waals surface area contributed by atoms with Crippen LogP contribution in [-0.2, 0) is 18.4 Å². The van der Waals surface area contributed by atoms with Crippen molar-refractivity contribution in [2.75, 3.05) is 19.6 Å². The molecule has 1 saturated heterocycles. The molecule has 1 aromatic heterocycles. The molecule has 1 aliphatic carbocycles. The van der Waals surface area contributed by atoms with E-state index in [0.29, 0.717) is 24.4 Å². The molecule has 2 fully saturated rings. The lowest BCUT2D eigenvalue weighted by molar-refractivity contribution is -0.909. The molecule has 2 aliphatic rings. The third-order valence-electron chi connectivity index (χ3n) is 7.38. The Kier molecular flexibility index (Phi) is 5.53. The summed E-state index contributed by atoms with van der Waals surface area (Å²) in [5.41, 5.74) is 3.42. The van der Waals surface area contributed by atoms with Gasteiger partial charge in [0.2, 0.25) is 5.91 Å². The van der Waals surface area contributed by atoms with Gasteiger partial charge in [0.25, 0.3) is 0 Å². The van der Waals surface area contributed by atoms with Gasteiger partial charge >= 0.3 is 0 Å². The van der Waals surface area contributed by atoms with Crippen molar-refractivity contribution in [2.45, 2.75) is 44.7 Å². The van der Waals surface area contributed by atoms with Crippen molar-refractivity contribution >= 4 is 16.9 Å². The summed E-state index contributed by atoms with van der Waals surface area (Å²) in [5, 5.41) is 0. The molecule has 1 aliphatic heterocycles. The van der Waals surface area contributed by atoms with E-state index < -0.39 is 0 Å². The fourth-order valence-corrected chi connectivity index (χ4v) is 5.45. The van der Waals surface area contributed by atoms with Crippen LogP contribution in [0.4, 0.5) is 0 Å². The predicted molar refractivity (Wildman–Crippen MR) is 123 cm³/mol. The van der Waals surface area contributed by atoms with Gasteiger partial charge in [-0.3, -0.25) is 4.79 Å². The van der Waals surface area contributed by atoms with E-state index in [4.69, 9.17) is 4.98 Å². The zero-order valence-electron chi connectivity index (χ0n) is 18.6. The minimum atomic E-state index is 0.114. The van der Waals surface area contributed by atoms with Crippen LogP contribution in [0.1, 0.15) is 43.5 Å². The molecule has 2 aromatic carbocycles. The number of aromatic nitrogens is 2. The molecule has 1 N–H and O–H groups in total. The number of amides is 1. The summed E-state index contributed by atoms with van der Waals surface area (Å²) in [6.45, 7) is 6.05. The van der Waals surface area contributed by atoms with Crippen molar-refractivity contribution in [2.24, 2.45) is 13.0 Å². The summed E-state index contributed by atoms with van der Waals surface area (Å²) in [7, 11) is 2.07. The Balaban J connectivity index is 1.39. The first-order chi connectivity index (χ1) is 15.2. The Bertz CT molecular complexity index is 1060. The fourth-order valence-electron chi connectivity index (χ4n) is 5.45. The number of likely N-dealkylation sites (tertiary alicyclic amines) is 1. The molecule has 31 heavy (non-hydrogen) atoms. The molecule has 2 heterocycles. The number of hydrogen-bond donors (Lipinski definition) is 1. The predicted octanol–water partition coefficient (Wildman–Crippen LogP) is 2.77. The van der Waals surface area contributed by atoms with E-state index in [9.17, 15) is 4.79 Å². The van der Waals surface area contributed by atoms with Crippen LogP contribution < -0.4 is 4.90 Å². The van der Waals surface area contributed by atoms with E-state index in [1.807, 2.05) is 18.2 Å². The molecule has 0 spiro atoms. The Morgan fingerprint density at radius 2 is 1.94 bits per heavy atom. The number of hydrogen-bond acceptors (Lipinski definition) is 2. The third kappa shape index (κ3) is 3.99. The highest BCUT2D eigenvalue weighted by atomic mass is 16.2. The largest absolute Gasteiger partial charge is 0.331 e. The number of fused-ring (bicyclic) bond motifs is 1. The van der Waals surface area contributed by atoms with Crippen LogP contribution in [0.15, 0.2) is 54.6 Å². The second kappa shape index (κ2) is 8.46. The SMILES string of the molecule is CC[NH+]1CCC[C@@H]1CN(Cc1nc2ccccc2n1C)C(=O)[C@@H]1C[C@H]1c1ccccc1. The number of aryl methyl sites for hydroxylation is 1. The van der Waals surface area contributed by atoms with Crippen molar-refractivity contribution < 1.29 is 9.69 Å². The number of benzene rings is 2. The summed E-state index contributed by atoms with van der Waals surface area (Å²) in [6, 6.07) is 19.3. The molecule has 1 saturated carbocycles. The lowest BCUT2D eigenvalue weighted by Crippen LogP contribution is -3.14. The fraction of sp³-hybridized carbons (Fsp3) is 0.462. The van der Waals surface area contributed by atoms with Crippen LogP contribution in [-0.4, -0.2) is 46.0 Å². The van der Waals surface area contributed by atoms with Crippen LogP contribution in [0, 0.1) is 5.92 Å². The van der Waals surface area contributed by atoms with Crippen LogP contribution >= 0.6 is 0 Å². The van der Waals surface area contributed by atoms with Gasteiger partial charge in [0.05, 0.1) is 37.2 Å². The van der Waals surface area contributed by atoms with E-state index in [-0.39, 0.29) is 5.92 Å². The van der Waals surface area contributed by atoms with Gasteiger partial charge in [0.15, 0.2) is 0 Å². The van der Waals surface area contributed by atoms with Crippen LogP contribution in [0.3, 0.4) is 0 Å². The highest BCUT2D eigenvalue weighted by Crippen LogP contribution is 2.48. The van der Waals surface area contributed by atoms with Crippen molar-refractivity contribution in [3.8, 4) is 0 Å². The Morgan fingerprint density at radius 3 is 2.71 bits per heavy atom. The molecule has 1 amide bonds. The standard InChI is InChI=1S/C26H32N4O/c1-3-29-15-9-12-20(29)17-30(18-25-27-23-13-7-8-14-24(23)28(25)2)26(31)22-16-21(22)19-10-5-4-6-11-19/h4-8,10-11,13-14,20-22H,3,9,12,15-18H2,1-2H3/p+1/t20-,21+,22-/m1/s1. The third-order valence-corrected chi connectivity index (χ3v) is 7.38. The molecule has 5 heteroatoms. The van der Waals surface area contributed by atoms with Crippen LogP contribution in [0.2, 0.25) is 0 Å². The first kappa shape index (κ1) is 20.3. The van der Waals surface area contributed by atoms with Gasteiger partial charge in [-0.2, -0.15) is 0 Å². The lowest BCUT2D eigenvalue weighted by Gasteiger charge is -2.28. The average molecular weight is 418 g/mol. The zero-order valence-corrected chi connectivity index (χ0v) is 18.6. The molecular formula is C26H33N4O+. The van der Waals surface area contributed by atoms with Crippen molar-refractivity contribution in [1.29, 1.82) is 0 Å². The summed E-state index contributed by atoms with van der Waals surface area (Å²) < 4.78 is 2.15. The topological polar surface area (TPSA) is 42.6 Å². The van der Waals surface area contributed by atoms with E-state index in [1.54, 1.807) is 4.90 Å². The van der Waals surface area contributed by atoms with Gasteiger partial charge in [-0.1, -0.05) is 42.5 Å². The highest BCUT2D eigenvalue weighted by Gasteiger charge is 2.46. The minimum absolute atomic E-state index is 0.114. The molecule has 3 aromatic rings. The first-order valence-electron chi connectivity index (χ1n) is 11.7. The summed E-state index contributed by atoms with van der Waals surface area (Å²) in [5.74, 6) is 1.77. The molecule has 4 atom stereocenters. The highest BCUT2D eigenvalue weighted by molar-refractivity contribution is 5.83. The van der Waals surface area contributed by atoms with Gasteiger partial charge in [0, 0.05) is 25.8 Å². The quantitative estimate of drug-likeness (QED) is 0.642. The Hall–Kier alpha value is -2.66. The number of carbonyl (C=O) groups is 1. The number of imidazole rings is 1. The second-order valence-electron chi connectivity index (χ2n) is 9.25. The number of quaternary nitrogens is 1. The number of nitrogens with zero attached hydrogens (tertiary/aromatic N) is 3. The second-order valence-corrected chi connectivity index (χ2v) is 9.25. The summed E-state index contributed by atoms with van der Waals surface area (Å²) in [6.07, 6.45) is 3.44. The lowest BCUT2D eigenvalue weighted by atomic mass is 10.1. The average Bonchev–Trinajstić information content (AvgIpc) is 3.38. The number of rotatable bonds is 7. The molecule has 5 nitrogen and oxygen atoms in total. The minimum Gasteiger partial charge on any atom is -0.331 e. The normalized spacial score (nSPS) is 25.1. The summed E-state index contributed by atoms with van der Waals surface area (Å²) in [4.78, 5) is 22.3. The number of nitrogens with one attached hydrogen (secondary N) is 1.